The van der Waals surface area contributed by atoms with Gasteiger partial charge >= 0.3 is 0 Å². The van der Waals surface area contributed by atoms with Gasteiger partial charge in [0.1, 0.15) is 5.69 Å². The van der Waals surface area contributed by atoms with E-state index in [2.05, 4.69) is 10.2 Å². The van der Waals surface area contributed by atoms with Gasteiger partial charge in [0.05, 0.1) is 15.0 Å². The largest absolute Gasteiger partial charge is 0.361 e. The van der Waals surface area contributed by atoms with Crippen LogP contribution in [-0.2, 0) is 0 Å². The monoisotopic (exact) mass is 329 g/mol. The maximum atomic E-state index is 11.3. The number of nitro benzene ring substituents is 1. The Labute approximate surface area is 133 Å². The van der Waals surface area contributed by atoms with Crippen molar-refractivity contribution in [2.75, 3.05) is 18.0 Å². The van der Waals surface area contributed by atoms with Crippen LogP contribution in [0, 0.1) is 10.1 Å². The van der Waals surface area contributed by atoms with Gasteiger partial charge in [-0.2, -0.15) is 0 Å². The fourth-order valence-electron chi connectivity index (χ4n) is 3.45. The number of hydrogen-bond donors (Lipinski definition) is 1. The molecule has 7 heteroatoms. The maximum Gasteiger partial charge on any atom is 0.294 e. The first-order valence-electron chi connectivity index (χ1n) is 7.21. The molecule has 3 rings (SSSR count). The first-order valence-corrected chi connectivity index (χ1v) is 7.97. The third-order valence-corrected chi connectivity index (χ3v) is 5.11. The van der Waals surface area contributed by atoms with Crippen molar-refractivity contribution in [1.29, 1.82) is 0 Å². The van der Waals surface area contributed by atoms with E-state index in [1.165, 1.54) is 12.5 Å². The van der Waals surface area contributed by atoms with E-state index in [1.54, 1.807) is 6.07 Å². The zero-order valence-corrected chi connectivity index (χ0v) is 13.0. The molecule has 2 fully saturated rings. The van der Waals surface area contributed by atoms with Crippen LogP contribution in [0.3, 0.4) is 0 Å². The summed E-state index contributed by atoms with van der Waals surface area (Å²) in [7, 11) is 0. The van der Waals surface area contributed by atoms with Gasteiger partial charge in [-0.3, -0.25) is 10.1 Å². The summed E-state index contributed by atoms with van der Waals surface area (Å²) in [5, 5.41) is 15.4. The van der Waals surface area contributed by atoms with Gasteiger partial charge in [-0.25, -0.2) is 0 Å². The molecule has 2 unspecified atom stereocenters. The first kappa shape index (κ1) is 14.9. The van der Waals surface area contributed by atoms with Crippen LogP contribution in [0.15, 0.2) is 12.1 Å². The molecule has 5 nitrogen and oxygen atoms in total. The molecule has 2 saturated heterocycles. The van der Waals surface area contributed by atoms with Crippen LogP contribution in [0.1, 0.15) is 25.7 Å². The fourth-order valence-corrected chi connectivity index (χ4v) is 3.77. The fraction of sp³-hybridized carbons (Fsp3) is 0.571. The Morgan fingerprint density at radius 2 is 2.00 bits per heavy atom. The normalized spacial score (nSPS) is 25.5. The second-order valence-corrected chi connectivity index (χ2v) is 6.43. The molecule has 21 heavy (non-hydrogen) atoms. The van der Waals surface area contributed by atoms with Gasteiger partial charge in [0.2, 0.25) is 0 Å². The van der Waals surface area contributed by atoms with Gasteiger partial charge in [-0.05, 0) is 38.3 Å². The van der Waals surface area contributed by atoms with E-state index in [9.17, 15) is 10.1 Å². The molecule has 1 aromatic carbocycles. The summed E-state index contributed by atoms with van der Waals surface area (Å²) < 4.78 is 0. The summed E-state index contributed by atoms with van der Waals surface area (Å²) in [6.07, 6.45) is 4.38. The minimum Gasteiger partial charge on any atom is -0.361 e. The highest BCUT2D eigenvalue weighted by Gasteiger charge is 2.36. The van der Waals surface area contributed by atoms with Crippen molar-refractivity contribution in [3.63, 3.8) is 0 Å². The highest BCUT2D eigenvalue weighted by molar-refractivity contribution is 6.42. The predicted molar refractivity (Wildman–Crippen MR) is 84.5 cm³/mol. The molecule has 0 spiro atoms. The lowest BCUT2D eigenvalue weighted by Crippen LogP contribution is -2.44. The molecular formula is C14H17Cl2N3O2. The van der Waals surface area contributed by atoms with E-state index in [4.69, 9.17) is 23.2 Å². The van der Waals surface area contributed by atoms with Crippen LogP contribution in [0.4, 0.5) is 11.4 Å². The molecule has 0 radical (unpaired) electrons. The molecular weight excluding hydrogens is 313 g/mol. The number of nitrogens with zero attached hydrogens (tertiary/aromatic N) is 2. The third-order valence-electron chi connectivity index (χ3n) is 4.39. The standard InChI is InChI=1S/C14H17Cl2N3O2/c15-9-7-13(14(19(20)21)8-10(9)16)18-6-2-4-12(18)11-3-1-5-17-11/h7-8,11-12,17H,1-6H2. The minimum absolute atomic E-state index is 0.0364. The second kappa shape index (κ2) is 5.99. The number of nitro groups is 1. The zero-order chi connectivity index (χ0) is 15.0. The van der Waals surface area contributed by atoms with Crippen LogP contribution >= 0.6 is 23.2 Å². The van der Waals surface area contributed by atoms with Crippen LogP contribution in [-0.4, -0.2) is 30.1 Å². The minimum atomic E-state index is -0.380. The molecule has 1 aromatic rings. The lowest BCUT2D eigenvalue weighted by atomic mass is 10.0. The Morgan fingerprint density at radius 3 is 2.67 bits per heavy atom. The van der Waals surface area contributed by atoms with Crippen molar-refractivity contribution in [2.45, 2.75) is 37.8 Å². The van der Waals surface area contributed by atoms with Gasteiger partial charge in [0.15, 0.2) is 0 Å². The van der Waals surface area contributed by atoms with E-state index < -0.39 is 0 Å². The molecule has 2 aliphatic heterocycles. The van der Waals surface area contributed by atoms with Crippen molar-refractivity contribution in [2.24, 2.45) is 0 Å². The molecule has 0 aromatic heterocycles. The Morgan fingerprint density at radius 1 is 1.24 bits per heavy atom. The SMILES string of the molecule is O=[N+]([O-])c1cc(Cl)c(Cl)cc1N1CCCC1C1CCCN1. The van der Waals surface area contributed by atoms with Gasteiger partial charge < -0.3 is 10.2 Å². The summed E-state index contributed by atoms with van der Waals surface area (Å²) >= 11 is 12.0. The van der Waals surface area contributed by atoms with E-state index in [0.29, 0.717) is 22.8 Å². The van der Waals surface area contributed by atoms with Gasteiger partial charge in [0, 0.05) is 24.7 Å². The Hall–Kier alpha value is -1.04. The highest BCUT2D eigenvalue weighted by Crippen LogP contribution is 2.40. The Kier molecular flexibility index (Phi) is 4.24. The van der Waals surface area contributed by atoms with Crippen LogP contribution in [0.25, 0.3) is 0 Å². The maximum absolute atomic E-state index is 11.3. The van der Waals surface area contributed by atoms with Crippen molar-refractivity contribution < 1.29 is 4.92 Å². The van der Waals surface area contributed by atoms with Gasteiger partial charge in [0.25, 0.3) is 5.69 Å². The molecule has 114 valence electrons. The van der Waals surface area contributed by atoms with E-state index in [0.717, 1.165) is 32.4 Å². The van der Waals surface area contributed by atoms with E-state index in [-0.39, 0.29) is 15.6 Å². The number of nitrogens with one attached hydrogen (secondary N) is 1. The predicted octanol–water partition coefficient (Wildman–Crippen LogP) is 3.62. The van der Waals surface area contributed by atoms with Crippen molar-refractivity contribution in [3.05, 3.63) is 32.3 Å². The average Bonchev–Trinajstić information content (AvgIpc) is 3.09. The zero-order valence-electron chi connectivity index (χ0n) is 11.5. The Balaban J connectivity index is 1.98. The molecule has 0 aliphatic carbocycles. The summed E-state index contributed by atoms with van der Waals surface area (Å²) in [5.41, 5.74) is 0.625. The summed E-state index contributed by atoms with van der Waals surface area (Å²) in [6.45, 7) is 1.85. The molecule has 2 aliphatic rings. The first-order chi connectivity index (χ1) is 10.1. The molecule has 1 N–H and O–H groups in total. The third kappa shape index (κ3) is 2.82. The molecule has 2 atom stereocenters. The number of halogens is 2. The molecule has 2 heterocycles. The smallest absolute Gasteiger partial charge is 0.294 e. The lowest BCUT2D eigenvalue weighted by Gasteiger charge is -2.31. The summed E-state index contributed by atoms with van der Waals surface area (Å²) in [6, 6.07) is 3.69. The molecule has 0 saturated carbocycles. The molecule has 0 bridgehead atoms. The number of hydrogen-bond acceptors (Lipinski definition) is 4. The van der Waals surface area contributed by atoms with E-state index in [1.807, 2.05) is 0 Å². The topological polar surface area (TPSA) is 58.4 Å². The number of benzene rings is 1. The summed E-state index contributed by atoms with van der Waals surface area (Å²) in [4.78, 5) is 13.1. The van der Waals surface area contributed by atoms with Crippen molar-refractivity contribution >= 4 is 34.6 Å². The Bertz CT molecular complexity index is 561. The van der Waals surface area contributed by atoms with Crippen molar-refractivity contribution in [1.82, 2.24) is 5.32 Å². The summed E-state index contributed by atoms with van der Waals surface area (Å²) in [5.74, 6) is 0. The van der Waals surface area contributed by atoms with Crippen LogP contribution in [0.5, 0.6) is 0 Å². The van der Waals surface area contributed by atoms with Gasteiger partial charge in [-0.15, -0.1) is 0 Å². The number of anilines is 1. The van der Waals surface area contributed by atoms with Crippen LogP contribution < -0.4 is 10.2 Å². The molecule has 0 amide bonds. The number of rotatable bonds is 3. The average molecular weight is 330 g/mol. The highest BCUT2D eigenvalue weighted by atomic mass is 35.5. The second-order valence-electron chi connectivity index (χ2n) is 5.62. The quantitative estimate of drug-likeness (QED) is 0.679. The van der Waals surface area contributed by atoms with Gasteiger partial charge in [-0.1, -0.05) is 23.2 Å². The lowest BCUT2D eigenvalue weighted by molar-refractivity contribution is -0.384. The van der Waals surface area contributed by atoms with Crippen molar-refractivity contribution in [3.8, 4) is 0 Å². The van der Waals surface area contributed by atoms with E-state index >= 15 is 0 Å². The van der Waals surface area contributed by atoms with Crippen LogP contribution in [0.2, 0.25) is 10.0 Å².